The molecule has 0 bridgehead atoms. The zero-order valence-electron chi connectivity index (χ0n) is 10.9. The van der Waals surface area contributed by atoms with Gasteiger partial charge >= 0.3 is 0 Å². The summed E-state index contributed by atoms with van der Waals surface area (Å²) in [6.07, 6.45) is 5.42. The van der Waals surface area contributed by atoms with Gasteiger partial charge in [0, 0.05) is 15.0 Å². The average Bonchev–Trinajstić information content (AvgIpc) is 2.78. The quantitative estimate of drug-likeness (QED) is 0.851. The molecule has 96 valence electrons. The summed E-state index contributed by atoms with van der Waals surface area (Å²) in [5.74, 6) is 1.35. The number of rotatable bonds is 5. The molecule has 1 fully saturated rings. The van der Waals surface area contributed by atoms with Crippen LogP contribution < -0.4 is 5.32 Å². The molecule has 2 heterocycles. The van der Waals surface area contributed by atoms with Gasteiger partial charge in [0.1, 0.15) is 0 Å². The highest BCUT2D eigenvalue weighted by Gasteiger charge is 2.25. The van der Waals surface area contributed by atoms with Crippen molar-refractivity contribution >= 4 is 23.1 Å². The molecule has 0 aromatic carbocycles. The zero-order valence-corrected chi connectivity index (χ0v) is 12.5. The molecular formula is C14H23NS2. The van der Waals surface area contributed by atoms with Crippen molar-refractivity contribution < 1.29 is 0 Å². The second-order valence-electron chi connectivity index (χ2n) is 4.79. The van der Waals surface area contributed by atoms with Crippen molar-refractivity contribution in [2.24, 2.45) is 0 Å². The Balaban J connectivity index is 2.06. The number of aryl methyl sites for hydroxylation is 1. The monoisotopic (exact) mass is 269 g/mol. The molecule has 0 saturated carbocycles. The third kappa shape index (κ3) is 3.73. The van der Waals surface area contributed by atoms with Crippen LogP contribution >= 0.6 is 23.1 Å². The summed E-state index contributed by atoms with van der Waals surface area (Å²) in [6.45, 7) is 5.59. The fourth-order valence-electron chi connectivity index (χ4n) is 2.36. The second-order valence-corrected chi connectivity index (χ2v) is 7.45. The van der Waals surface area contributed by atoms with Crippen LogP contribution in [0.2, 0.25) is 0 Å². The highest BCUT2D eigenvalue weighted by atomic mass is 32.2. The lowest BCUT2D eigenvalue weighted by molar-refractivity contribution is 0.485. The Bertz CT molecular complexity index is 329. The first-order valence-electron chi connectivity index (χ1n) is 6.72. The molecule has 1 aromatic rings. The molecule has 1 aliphatic heterocycles. The van der Waals surface area contributed by atoms with Gasteiger partial charge < -0.3 is 5.32 Å². The number of thiophene rings is 1. The minimum atomic E-state index is 0.582. The maximum atomic E-state index is 3.76. The molecule has 17 heavy (non-hydrogen) atoms. The molecule has 2 unspecified atom stereocenters. The maximum absolute atomic E-state index is 3.76. The van der Waals surface area contributed by atoms with E-state index in [1.54, 1.807) is 0 Å². The van der Waals surface area contributed by atoms with E-state index in [2.05, 4.69) is 43.1 Å². The van der Waals surface area contributed by atoms with Gasteiger partial charge in [0.25, 0.3) is 0 Å². The number of thioether (sulfide) groups is 1. The molecule has 2 rings (SSSR count). The van der Waals surface area contributed by atoms with E-state index in [-0.39, 0.29) is 0 Å². The van der Waals surface area contributed by atoms with E-state index >= 15 is 0 Å². The van der Waals surface area contributed by atoms with Crippen LogP contribution in [0.3, 0.4) is 0 Å². The molecule has 3 heteroatoms. The van der Waals surface area contributed by atoms with E-state index in [1.807, 2.05) is 11.3 Å². The predicted molar refractivity (Wildman–Crippen MR) is 80.2 cm³/mol. The summed E-state index contributed by atoms with van der Waals surface area (Å²) in [5, 5.41) is 4.54. The molecule has 1 aliphatic rings. The Morgan fingerprint density at radius 3 is 2.88 bits per heavy atom. The van der Waals surface area contributed by atoms with Gasteiger partial charge in [-0.25, -0.2) is 0 Å². The van der Waals surface area contributed by atoms with Crippen molar-refractivity contribution in [3.63, 3.8) is 0 Å². The highest BCUT2D eigenvalue weighted by Crippen LogP contribution is 2.37. The third-order valence-electron chi connectivity index (χ3n) is 3.27. The molecule has 0 spiro atoms. The Labute approximate surface area is 113 Å². The van der Waals surface area contributed by atoms with Gasteiger partial charge in [-0.2, -0.15) is 11.8 Å². The van der Waals surface area contributed by atoms with Crippen molar-refractivity contribution in [2.45, 2.75) is 50.8 Å². The van der Waals surface area contributed by atoms with Gasteiger partial charge in [0.05, 0.1) is 6.04 Å². The van der Waals surface area contributed by atoms with Crippen LogP contribution in [0.4, 0.5) is 0 Å². The highest BCUT2D eigenvalue weighted by molar-refractivity contribution is 8.00. The van der Waals surface area contributed by atoms with Gasteiger partial charge in [0.2, 0.25) is 0 Å². The lowest BCUT2D eigenvalue weighted by Gasteiger charge is -2.30. The van der Waals surface area contributed by atoms with Crippen LogP contribution in [-0.2, 0) is 0 Å². The average molecular weight is 269 g/mol. The zero-order chi connectivity index (χ0) is 12.1. The van der Waals surface area contributed by atoms with Crippen molar-refractivity contribution in [3.05, 3.63) is 21.9 Å². The lowest BCUT2D eigenvalue weighted by atomic mass is 10.1. The van der Waals surface area contributed by atoms with Crippen molar-refractivity contribution in [1.29, 1.82) is 0 Å². The minimum Gasteiger partial charge on any atom is -0.308 e. The van der Waals surface area contributed by atoms with E-state index in [4.69, 9.17) is 0 Å². The topological polar surface area (TPSA) is 12.0 Å². The summed E-state index contributed by atoms with van der Waals surface area (Å²) >= 11 is 4.13. The second kappa shape index (κ2) is 6.81. The summed E-state index contributed by atoms with van der Waals surface area (Å²) in [6, 6.07) is 5.16. The Hall–Kier alpha value is 0.01000. The lowest BCUT2D eigenvalue weighted by Crippen LogP contribution is -2.31. The van der Waals surface area contributed by atoms with Crippen molar-refractivity contribution in [2.75, 3.05) is 12.3 Å². The van der Waals surface area contributed by atoms with Crippen molar-refractivity contribution in [1.82, 2.24) is 5.32 Å². The SMILES string of the molecule is CCCNC(c1ccc(C)s1)C1CCCCS1. The van der Waals surface area contributed by atoms with Gasteiger partial charge in [0.15, 0.2) is 0 Å². The summed E-state index contributed by atoms with van der Waals surface area (Å²) in [4.78, 5) is 2.97. The molecule has 0 aliphatic carbocycles. The van der Waals surface area contributed by atoms with E-state index in [0.717, 1.165) is 11.8 Å². The Morgan fingerprint density at radius 1 is 1.41 bits per heavy atom. The smallest absolute Gasteiger partial charge is 0.0535 e. The van der Waals surface area contributed by atoms with Crippen LogP contribution in [-0.4, -0.2) is 17.5 Å². The standard InChI is InChI=1S/C14H23NS2/c1-3-9-15-14(12-6-4-5-10-16-12)13-8-7-11(2)17-13/h7-8,12,14-15H,3-6,9-10H2,1-2H3. The van der Waals surface area contributed by atoms with Crippen LogP contribution in [0.5, 0.6) is 0 Å². The molecule has 0 radical (unpaired) electrons. The molecule has 0 amide bonds. The molecule has 2 atom stereocenters. The maximum Gasteiger partial charge on any atom is 0.0535 e. The fourth-order valence-corrected chi connectivity index (χ4v) is 4.91. The summed E-state index contributed by atoms with van der Waals surface area (Å²) < 4.78 is 0. The van der Waals surface area contributed by atoms with Crippen LogP contribution in [0.15, 0.2) is 12.1 Å². The van der Waals surface area contributed by atoms with Crippen LogP contribution in [0.25, 0.3) is 0 Å². The fraction of sp³-hybridized carbons (Fsp3) is 0.714. The Kier molecular flexibility index (Phi) is 5.39. The Morgan fingerprint density at radius 2 is 2.29 bits per heavy atom. The molecule has 1 saturated heterocycles. The molecular weight excluding hydrogens is 246 g/mol. The van der Waals surface area contributed by atoms with E-state index in [0.29, 0.717) is 6.04 Å². The first-order valence-corrected chi connectivity index (χ1v) is 8.59. The van der Waals surface area contributed by atoms with Crippen LogP contribution in [0.1, 0.15) is 48.4 Å². The van der Waals surface area contributed by atoms with E-state index < -0.39 is 0 Å². The van der Waals surface area contributed by atoms with Gasteiger partial charge in [-0.05, 0) is 50.6 Å². The summed E-state index contributed by atoms with van der Waals surface area (Å²) in [7, 11) is 0. The van der Waals surface area contributed by atoms with Crippen LogP contribution in [0, 0.1) is 6.92 Å². The predicted octanol–water partition coefficient (Wildman–Crippen LogP) is 4.38. The molecule has 1 N–H and O–H groups in total. The largest absolute Gasteiger partial charge is 0.308 e. The van der Waals surface area contributed by atoms with Gasteiger partial charge in [-0.1, -0.05) is 13.3 Å². The summed E-state index contributed by atoms with van der Waals surface area (Å²) in [5.41, 5.74) is 0. The minimum absolute atomic E-state index is 0.582. The first kappa shape index (κ1) is 13.4. The third-order valence-corrected chi connectivity index (χ3v) is 5.81. The molecule has 1 nitrogen and oxygen atoms in total. The normalized spacial score (nSPS) is 22.6. The first-order chi connectivity index (χ1) is 8.31. The van der Waals surface area contributed by atoms with Gasteiger partial charge in [-0.15, -0.1) is 11.3 Å². The van der Waals surface area contributed by atoms with E-state index in [9.17, 15) is 0 Å². The number of nitrogens with one attached hydrogen (secondary N) is 1. The number of hydrogen-bond donors (Lipinski definition) is 1. The van der Waals surface area contributed by atoms with E-state index in [1.165, 1.54) is 41.2 Å². The van der Waals surface area contributed by atoms with Gasteiger partial charge in [-0.3, -0.25) is 0 Å². The molecule has 1 aromatic heterocycles. The number of hydrogen-bond acceptors (Lipinski definition) is 3. The van der Waals surface area contributed by atoms with Crippen molar-refractivity contribution in [3.8, 4) is 0 Å².